The minimum absolute atomic E-state index is 0.152. The Morgan fingerprint density at radius 1 is 1.47 bits per heavy atom. The second-order valence-electron chi connectivity index (χ2n) is 5.74. The van der Waals surface area contributed by atoms with Gasteiger partial charge in [0.15, 0.2) is 5.82 Å². The molecule has 1 aromatic rings. The standard InChI is InChI=1S/C13H19N3O2S/c1-12(2,3)9-8-10(16-18-9)15-11(17)13(4,5)19-7-6-14/h8H,7H2,1-5H3,(H,15,16,17). The SMILES string of the molecule is CC(C)(SCC#N)C(=O)Nc1cc(C(C)(C)C)on1. The van der Waals surface area contributed by atoms with Gasteiger partial charge >= 0.3 is 0 Å². The lowest BCUT2D eigenvalue weighted by Crippen LogP contribution is -2.34. The first-order valence-corrected chi connectivity index (χ1v) is 6.95. The number of hydrogen-bond donors (Lipinski definition) is 1. The highest BCUT2D eigenvalue weighted by atomic mass is 32.2. The molecule has 0 aliphatic rings. The van der Waals surface area contributed by atoms with Crippen molar-refractivity contribution in [1.29, 1.82) is 5.26 Å². The second-order valence-corrected chi connectivity index (χ2v) is 7.34. The Hall–Kier alpha value is -1.48. The van der Waals surface area contributed by atoms with Crippen LogP contribution >= 0.6 is 11.8 Å². The van der Waals surface area contributed by atoms with Crippen molar-refractivity contribution in [3.05, 3.63) is 11.8 Å². The average molecular weight is 281 g/mol. The van der Waals surface area contributed by atoms with E-state index in [4.69, 9.17) is 9.78 Å². The largest absolute Gasteiger partial charge is 0.359 e. The third-order valence-corrected chi connectivity index (χ3v) is 3.72. The molecule has 0 fully saturated rings. The Bertz CT molecular complexity index is 495. The van der Waals surface area contributed by atoms with E-state index in [0.29, 0.717) is 11.6 Å². The van der Waals surface area contributed by atoms with Gasteiger partial charge in [0.2, 0.25) is 5.91 Å². The van der Waals surface area contributed by atoms with Gasteiger partial charge in [-0.05, 0) is 13.8 Å². The van der Waals surface area contributed by atoms with Gasteiger partial charge in [-0.25, -0.2) is 0 Å². The molecule has 0 saturated heterocycles. The molecule has 0 spiro atoms. The molecular weight excluding hydrogens is 262 g/mol. The minimum atomic E-state index is -0.684. The van der Waals surface area contributed by atoms with Crippen LogP contribution in [0.15, 0.2) is 10.6 Å². The lowest BCUT2D eigenvalue weighted by molar-refractivity contribution is -0.117. The first kappa shape index (κ1) is 15.6. The molecule has 0 radical (unpaired) electrons. The van der Waals surface area contributed by atoms with Gasteiger partial charge in [-0.15, -0.1) is 11.8 Å². The van der Waals surface area contributed by atoms with Crippen LogP contribution in [0.25, 0.3) is 0 Å². The molecular formula is C13H19N3O2S. The van der Waals surface area contributed by atoms with Gasteiger partial charge in [0.1, 0.15) is 5.76 Å². The summed E-state index contributed by atoms with van der Waals surface area (Å²) in [6.07, 6.45) is 0. The van der Waals surface area contributed by atoms with E-state index in [9.17, 15) is 4.79 Å². The van der Waals surface area contributed by atoms with E-state index in [1.807, 2.05) is 26.8 Å². The smallest absolute Gasteiger partial charge is 0.241 e. The maximum Gasteiger partial charge on any atom is 0.241 e. The van der Waals surface area contributed by atoms with Crippen LogP contribution in [0.2, 0.25) is 0 Å². The summed E-state index contributed by atoms with van der Waals surface area (Å²) in [5, 5.41) is 15.1. The van der Waals surface area contributed by atoms with Crippen molar-refractivity contribution in [2.45, 2.75) is 44.8 Å². The van der Waals surface area contributed by atoms with Crippen LogP contribution in [0.1, 0.15) is 40.4 Å². The number of nitrogens with zero attached hydrogens (tertiary/aromatic N) is 2. The molecule has 5 nitrogen and oxygen atoms in total. The van der Waals surface area contributed by atoms with Crippen molar-refractivity contribution in [3.63, 3.8) is 0 Å². The highest BCUT2D eigenvalue weighted by molar-refractivity contribution is 8.01. The highest BCUT2D eigenvalue weighted by Gasteiger charge is 2.29. The second kappa shape index (κ2) is 5.66. The third kappa shape index (κ3) is 4.28. The Labute approximate surface area is 117 Å². The van der Waals surface area contributed by atoms with Gasteiger partial charge < -0.3 is 9.84 Å². The summed E-state index contributed by atoms with van der Waals surface area (Å²) in [5.41, 5.74) is -0.152. The zero-order valence-electron chi connectivity index (χ0n) is 11.9. The maximum absolute atomic E-state index is 12.1. The monoisotopic (exact) mass is 281 g/mol. The first-order chi connectivity index (χ1) is 8.66. The highest BCUT2D eigenvalue weighted by Crippen LogP contribution is 2.27. The van der Waals surface area contributed by atoms with Gasteiger partial charge in [0.25, 0.3) is 0 Å². The maximum atomic E-state index is 12.1. The molecule has 0 aliphatic heterocycles. The average Bonchev–Trinajstić information content (AvgIpc) is 2.74. The Balaban J connectivity index is 2.72. The number of carbonyl (C=O) groups excluding carboxylic acids is 1. The molecule has 19 heavy (non-hydrogen) atoms. The number of aromatic nitrogens is 1. The lowest BCUT2D eigenvalue weighted by atomic mass is 9.93. The fourth-order valence-corrected chi connectivity index (χ4v) is 1.84. The molecule has 1 heterocycles. The molecule has 1 aromatic heterocycles. The van der Waals surface area contributed by atoms with Crippen LogP contribution in [0.5, 0.6) is 0 Å². The quantitative estimate of drug-likeness (QED) is 0.918. The molecule has 104 valence electrons. The van der Waals surface area contributed by atoms with E-state index in [1.165, 1.54) is 11.8 Å². The molecule has 0 aliphatic carbocycles. The van der Waals surface area contributed by atoms with Gasteiger partial charge in [0, 0.05) is 11.5 Å². The number of hydrogen-bond acceptors (Lipinski definition) is 5. The van der Waals surface area contributed by atoms with Crippen LogP contribution in [-0.4, -0.2) is 21.6 Å². The fraction of sp³-hybridized carbons (Fsp3) is 0.615. The molecule has 0 aromatic carbocycles. The number of amides is 1. The number of rotatable bonds is 4. The predicted octanol–water partition coefficient (Wildman–Crippen LogP) is 2.95. The van der Waals surface area contributed by atoms with Crippen molar-refractivity contribution in [2.24, 2.45) is 0 Å². The third-order valence-electron chi connectivity index (χ3n) is 2.54. The van der Waals surface area contributed by atoms with E-state index < -0.39 is 4.75 Å². The van der Waals surface area contributed by atoms with Gasteiger partial charge in [0.05, 0.1) is 16.6 Å². The molecule has 1 amide bonds. The summed E-state index contributed by atoms with van der Waals surface area (Å²) in [5.74, 6) is 1.19. The number of thioether (sulfide) groups is 1. The molecule has 0 saturated carbocycles. The Kier molecular flexibility index (Phi) is 4.64. The topological polar surface area (TPSA) is 78.9 Å². The van der Waals surface area contributed by atoms with Crippen LogP contribution < -0.4 is 5.32 Å². The summed E-state index contributed by atoms with van der Waals surface area (Å²) in [6, 6.07) is 3.74. The number of nitrogens with one attached hydrogen (secondary N) is 1. The normalized spacial score (nSPS) is 12.0. The number of anilines is 1. The zero-order valence-corrected chi connectivity index (χ0v) is 12.7. The molecule has 1 N–H and O–H groups in total. The van der Waals surface area contributed by atoms with Crippen LogP contribution in [0.4, 0.5) is 5.82 Å². The van der Waals surface area contributed by atoms with Gasteiger partial charge in [-0.3, -0.25) is 4.79 Å². The van der Waals surface area contributed by atoms with Crippen molar-refractivity contribution in [3.8, 4) is 6.07 Å². The van der Waals surface area contributed by atoms with E-state index in [0.717, 1.165) is 0 Å². The predicted molar refractivity (Wildman–Crippen MR) is 76.0 cm³/mol. The molecule has 0 atom stereocenters. The van der Waals surface area contributed by atoms with Crippen molar-refractivity contribution in [2.75, 3.05) is 11.1 Å². The van der Waals surface area contributed by atoms with Crippen LogP contribution in [-0.2, 0) is 10.2 Å². The number of nitriles is 1. The molecule has 0 bridgehead atoms. The minimum Gasteiger partial charge on any atom is -0.359 e. The van der Waals surface area contributed by atoms with E-state index in [-0.39, 0.29) is 17.1 Å². The van der Waals surface area contributed by atoms with Gasteiger partial charge in [-0.2, -0.15) is 5.26 Å². The lowest BCUT2D eigenvalue weighted by Gasteiger charge is -2.20. The van der Waals surface area contributed by atoms with Gasteiger partial charge in [-0.1, -0.05) is 25.9 Å². The summed E-state index contributed by atoms with van der Waals surface area (Å²) < 4.78 is 4.52. The van der Waals surface area contributed by atoms with Crippen molar-refractivity contribution < 1.29 is 9.32 Å². The Morgan fingerprint density at radius 3 is 2.58 bits per heavy atom. The summed E-state index contributed by atoms with van der Waals surface area (Å²) in [4.78, 5) is 12.1. The fourth-order valence-electron chi connectivity index (χ4n) is 1.23. The van der Waals surface area contributed by atoms with Crippen molar-refractivity contribution >= 4 is 23.5 Å². The van der Waals surface area contributed by atoms with E-state index in [1.54, 1.807) is 19.9 Å². The Morgan fingerprint density at radius 2 is 2.11 bits per heavy atom. The molecule has 1 rings (SSSR count). The summed E-state index contributed by atoms with van der Waals surface area (Å²) >= 11 is 1.29. The number of carbonyl (C=O) groups is 1. The van der Waals surface area contributed by atoms with Crippen molar-refractivity contribution in [1.82, 2.24) is 5.16 Å². The summed E-state index contributed by atoms with van der Waals surface area (Å²) in [6.45, 7) is 9.56. The summed E-state index contributed by atoms with van der Waals surface area (Å²) in [7, 11) is 0. The molecule has 0 unspecified atom stereocenters. The van der Waals surface area contributed by atoms with E-state index in [2.05, 4.69) is 10.5 Å². The van der Waals surface area contributed by atoms with Crippen LogP contribution in [0, 0.1) is 11.3 Å². The van der Waals surface area contributed by atoms with Crippen LogP contribution in [0.3, 0.4) is 0 Å². The molecule has 6 heteroatoms. The zero-order chi connectivity index (χ0) is 14.7. The van der Waals surface area contributed by atoms with E-state index >= 15 is 0 Å². The first-order valence-electron chi connectivity index (χ1n) is 5.96.